The van der Waals surface area contributed by atoms with Gasteiger partial charge in [0.15, 0.2) is 0 Å². The highest BCUT2D eigenvalue weighted by Crippen LogP contribution is 2.06. The van der Waals surface area contributed by atoms with Gasteiger partial charge in [-0.2, -0.15) is 0 Å². The molecule has 0 bridgehead atoms. The second-order valence-electron chi connectivity index (χ2n) is 4.49. The SMILES string of the molecule is CNc1ccc(C(=O)NCCN2CCCC2)cn1. The van der Waals surface area contributed by atoms with E-state index in [1.54, 1.807) is 25.4 Å². The summed E-state index contributed by atoms with van der Waals surface area (Å²) >= 11 is 0. The maximum atomic E-state index is 11.8. The Balaban J connectivity index is 1.76. The highest BCUT2D eigenvalue weighted by atomic mass is 16.1. The number of carbonyl (C=O) groups excluding carboxylic acids is 1. The van der Waals surface area contributed by atoms with Crippen LogP contribution in [0.25, 0.3) is 0 Å². The Labute approximate surface area is 108 Å². The standard InChI is InChI=1S/C13H20N4O/c1-14-12-5-4-11(10-16-12)13(18)15-6-9-17-7-2-3-8-17/h4-5,10H,2-3,6-9H2,1H3,(H,14,16)(H,15,18). The third-order valence-electron chi connectivity index (χ3n) is 3.19. The molecule has 1 aliphatic heterocycles. The molecule has 5 heteroatoms. The van der Waals surface area contributed by atoms with Gasteiger partial charge in [-0.3, -0.25) is 4.79 Å². The molecule has 0 unspecified atom stereocenters. The third kappa shape index (κ3) is 3.43. The van der Waals surface area contributed by atoms with E-state index in [-0.39, 0.29) is 5.91 Å². The van der Waals surface area contributed by atoms with Gasteiger partial charge in [-0.15, -0.1) is 0 Å². The van der Waals surface area contributed by atoms with Crippen molar-refractivity contribution in [3.8, 4) is 0 Å². The number of pyridine rings is 1. The Bertz CT molecular complexity index is 384. The van der Waals surface area contributed by atoms with E-state index < -0.39 is 0 Å². The molecule has 0 aliphatic carbocycles. The molecule has 1 aliphatic rings. The number of hydrogen-bond donors (Lipinski definition) is 2. The van der Waals surface area contributed by atoms with E-state index in [4.69, 9.17) is 0 Å². The van der Waals surface area contributed by atoms with Gasteiger partial charge in [-0.1, -0.05) is 0 Å². The molecule has 1 saturated heterocycles. The maximum absolute atomic E-state index is 11.8. The molecule has 2 heterocycles. The quantitative estimate of drug-likeness (QED) is 0.814. The van der Waals surface area contributed by atoms with Crippen LogP contribution in [-0.4, -0.2) is 49.0 Å². The van der Waals surface area contributed by atoms with Crippen molar-refractivity contribution in [1.82, 2.24) is 15.2 Å². The molecule has 0 atom stereocenters. The van der Waals surface area contributed by atoms with Crippen molar-refractivity contribution in [1.29, 1.82) is 0 Å². The minimum absolute atomic E-state index is 0.0515. The summed E-state index contributed by atoms with van der Waals surface area (Å²) in [6.45, 7) is 3.96. The summed E-state index contributed by atoms with van der Waals surface area (Å²) in [4.78, 5) is 18.3. The van der Waals surface area contributed by atoms with Crippen LogP contribution in [0.4, 0.5) is 5.82 Å². The van der Waals surface area contributed by atoms with Crippen molar-refractivity contribution >= 4 is 11.7 Å². The van der Waals surface area contributed by atoms with Gasteiger partial charge >= 0.3 is 0 Å². The van der Waals surface area contributed by atoms with Crippen LogP contribution in [0.1, 0.15) is 23.2 Å². The van der Waals surface area contributed by atoms with Gasteiger partial charge in [0, 0.05) is 26.3 Å². The summed E-state index contributed by atoms with van der Waals surface area (Å²) in [7, 11) is 1.80. The summed E-state index contributed by atoms with van der Waals surface area (Å²) in [5.41, 5.74) is 0.607. The van der Waals surface area contributed by atoms with Gasteiger partial charge < -0.3 is 15.5 Å². The second-order valence-corrected chi connectivity index (χ2v) is 4.49. The van der Waals surface area contributed by atoms with Gasteiger partial charge in [0.2, 0.25) is 0 Å². The van der Waals surface area contributed by atoms with Crippen LogP contribution in [0.15, 0.2) is 18.3 Å². The number of nitrogens with zero attached hydrogens (tertiary/aromatic N) is 2. The molecule has 2 rings (SSSR count). The zero-order valence-corrected chi connectivity index (χ0v) is 10.8. The van der Waals surface area contributed by atoms with Crippen LogP contribution in [-0.2, 0) is 0 Å². The molecular formula is C13H20N4O. The Morgan fingerprint density at radius 3 is 2.78 bits per heavy atom. The van der Waals surface area contributed by atoms with Crippen LogP contribution in [0.2, 0.25) is 0 Å². The minimum atomic E-state index is -0.0515. The van der Waals surface area contributed by atoms with E-state index in [1.807, 2.05) is 0 Å². The first-order valence-electron chi connectivity index (χ1n) is 6.44. The van der Waals surface area contributed by atoms with Crippen LogP contribution >= 0.6 is 0 Å². The number of likely N-dealkylation sites (tertiary alicyclic amines) is 1. The zero-order chi connectivity index (χ0) is 12.8. The Morgan fingerprint density at radius 1 is 1.39 bits per heavy atom. The van der Waals surface area contributed by atoms with Crippen molar-refractivity contribution in [3.63, 3.8) is 0 Å². The number of carbonyl (C=O) groups is 1. The second kappa shape index (κ2) is 6.35. The Morgan fingerprint density at radius 2 is 2.17 bits per heavy atom. The fourth-order valence-electron chi connectivity index (χ4n) is 2.11. The van der Waals surface area contributed by atoms with Gasteiger partial charge in [0.25, 0.3) is 5.91 Å². The number of rotatable bonds is 5. The van der Waals surface area contributed by atoms with Gasteiger partial charge in [-0.25, -0.2) is 4.98 Å². The number of hydrogen-bond acceptors (Lipinski definition) is 4. The van der Waals surface area contributed by atoms with Crippen LogP contribution in [0.5, 0.6) is 0 Å². The smallest absolute Gasteiger partial charge is 0.252 e. The lowest BCUT2D eigenvalue weighted by atomic mass is 10.2. The summed E-state index contributed by atoms with van der Waals surface area (Å²) in [6, 6.07) is 3.58. The molecule has 5 nitrogen and oxygen atoms in total. The van der Waals surface area contributed by atoms with E-state index in [2.05, 4.69) is 20.5 Å². The highest BCUT2D eigenvalue weighted by Gasteiger charge is 2.11. The third-order valence-corrected chi connectivity index (χ3v) is 3.19. The van der Waals surface area contributed by atoms with Gasteiger partial charge in [0.05, 0.1) is 5.56 Å². The van der Waals surface area contributed by atoms with Crippen molar-refractivity contribution in [2.45, 2.75) is 12.8 Å². The lowest BCUT2D eigenvalue weighted by Crippen LogP contribution is -2.33. The van der Waals surface area contributed by atoms with Crippen LogP contribution in [0.3, 0.4) is 0 Å². The average molecular weight is 248 g/mol. The number of anilines is 1. The first-order chi connectivity index (χ1) is 8.79. The highest BCUT2D eigenvalue weighted by molar-refractivity contribution is 5.94. The summed E-state index contributed by atoms with van der Waals surface area (Å²) in [5.74, 6) is 0.716. The largest absolute Gasteiger partial charge is 0.373 e. The average Bonchev–Trinajstić information content (AvgIpc) is 2.92. The van der Waals surface area contributed by atoms with E-state index in [9.17, 15) is 4.79 Å². The fourth-order valence-corrected chi connectivity index (χ4v) is 2.11. The summed E-state index contributed by atoms with van der Waals surface area (Å²) in [6.07, 6.45) is 4.16. The zero-order valence-electron chi connectivity index (χ0n) is 10.8. The van der Waals surface area contributed by atoms with Gasteiger partial charge in [-0.05, 0) is 38.1 Å². The molecule has 1 aromatic rings. The molecule has 1 aromatic heterocycles. The van der Waals surface area contributed by atoms with E-state index in [0.717, 1.165) is 25.5 Å². The first kappa shape index (κ1) is 12.8. The molecule has 0 aromatic carbocycles. The molecule has 0 radical (unpaired) electrons. The minimum Gasteiger partial charge on any atom is -0.373 e. The van der Waals surface area contributed by atoms with Crippen molar-refractivity contribution in [2.75, 3.05) is 38.5 Å². The molecule has 1 amide bonds. The monoisotopic (exact) mass is 248 g/mol. The van der Waals surface area contributed by atoms with E-state index in [0.29, 0.717) is 12.1 Å². The van der Waals surface area contributed by atoms with E-state index >= 15 is 0 Å². The lowest BCUT2D eigenvalue weighted by molar-refractivity contribution is 0.0949. The molecule has 0 saturated carbocycles. The lowest BCUT2D eigenvalue weighted by Gasteiger charge is -2.14. The van der Waals surface area contributed by atoms with Crippen molar-refractivity contribution in [3.05, 3.63) is 23.9 Å². The molecule has 2 N–H and O–H groups in total. The molecule has 98 valence electrons. The Kier molecular flexibility index (Phi) is 4.52. The predicted molar refractivity (Wildman–Crippen MR) is 71.8 cm³/mol. The molecular weight excluding hydrogens is 228 g/mol. The fraction of sp³-hybridized carbons (Fsp3) is 0.538. The molecule has 0 spiro atoms. The number of nitrogens with one attached hydrogen (secondary N) is 2. The Hall–Kier alpha value is -1.62. The normalized spacial score (nSPS) is 15.6. The van der Waals surface area contributed by atoms with Crippen molar-refractivity contribution in [2.24, 2.45) is 0 Å². The topological polar surface area (TPSA) is 57.3 Å². The molecule has 18 heavy (non-hydrogen) atoms. The van der Waals surface area contributed by atoms with Crippen molar-refractivity contribution < 1.29 is 4.79 Å². The molecule has 1 fully saturated rings. The van der Waals surface area contributed by atoms with Gasteiger partial charge in [0.1, 0.15) is 5.82 Å². The van der Waals surface area contributed by atoms with Crippen LogP contribution < -0.4 is 10.6 Å². The number of amides is 1. The van der Waals surface area contributed by atoms with Crippen LogP contribution in [0, 0.1) is 0 Å². The number of aromatic nitrogens is 1. The first-order valence-corrected chi connectivity index (χ1v) is 6.44. The maximum Gasteiger partial charge on any atom is 0.252 e. The summed E-state index contributed by atoms with van der Waals surface area (Å²) in [5, 5.41) is 5.85. The van der Waals surface area contributed by atoms with E-state index in [1.165, 1.54) is 12.8 Å². The predicted octanol–water partition coefficient (Wildman–Crippen LogP) is 0.949. The summed E-state index contributed by atoms with van der Waals surface area (Å²) < 4.78 is 0.